The molecule has 0 aliphatic heterocycles. The van der Waals surface area contributed by atoms with Gasteiger partial charge in [0.15, 0.2) is 0 Å². The van der Waals surface area contributed by atoms with E-state index in [2.05, 4.69) is 12.2 Å². The van der Waals surface area contributed by atoms with Gasteiger partial charge in [-0.15, -0.1) is 11.3 Å². The predicted molar refractivity (Wildman–Crippen MR) is 61.6 cm³/mol. The lowest BCUT2D eigenvalue weighted by Gasteiger charge is -2.13. The summed E-state index contributed by atoms with van der Waals surface area (Å²) in [5, 5.41) is 4.85. The standard InChI is InChI=1S/C11H16N2OS/c1-11(4-5-11)7-13-10(14)9(12)8-3-2-6-15-8/h2-3,6,9H,4-5,7,12H2,1H3,(H,13,14). The molecule has 15 heavy (non-hydrogen) atoms. The van der Waals surface area contributed by atoms with Crippen molar-refractivity contribution < 1.29 is 4.79 Å². The van der Waals surface area contributed by atoms with E-state index in [9.17, 15) is 4.79 Å². The van der Waals surface area contributed by atoms with Crippen molar-refractivity contribution in [3.05, 3.63) is 22.4 Å². The summed E-state index contributed by atoms with van der Waals surface area (Å²) in [6.45, 7) is 2.94. The van der Waals surface area contributed by atoms with E-state index < -0.39 is 6.04 Å². The fourth-order valence-corrected chi connectivity index (χ4v) is 2.12. The summed E-state index contributed by atoms with van der Waals surface area (Å²) in [4.78, 5) is 12.6. The number of hydrogen-bond acceptors (Lipinski definition) is 3. The molecule has 0 saturated heterocycles. The fourth-order valence-electron chi connectivity index (χ4n) is 1.40. The van der Waals surface area contributed by atoms with Crippen LogP contribution in [0, 0.1) is 5.41 Å². The van der Waals surface area contributed by atoms with Gasteiger partial charge in [-0.3, -0.25) is 4.79 Å². The van der Waals surface area contributed by atoms with Crippen LogP contribution in [0.4, 0.5) is 0 Å². The first kappa shape index (κ1) is 10.6. The zero-order chi connectivity index (χ0) is 10.9. The summed E-state index contributed by atoms with van der Waals surface area (Å²) in [5.74, 6) is -0.0643. The first-order chi connectivity index (χ1) is 7.11. The summed E-state index contributed by atoms with van der Waals surface area (Å²) >= 11 is 1.52. The maximum atomic E-state index is 11.7. The molecule has 2 rings (SSSR count). The molecule has 0 spiro atoms. The predicted octanol–water partition coefficient (Wildman–Crippen LogP) is 1.66. The van der Waals surface area contributed by atoms with Crippen LogP contribution in [-0.4, -0.2) is 12.5 Å². The van der Waals surface area contributed by atoms with E-state index in [0.29, 0.717) is 5.41 Å². The van der Waals surface area contributed by atoms with E-state index in [1.54, 1.807) is 0 Å². The van der Waals surface area contributed by atoms with Gasteiger partial charge in [0.2, 0.25) is 5.91 Å². The number of carbonyl (C=O) groups is 1. The first-order valence-electron chi connectivity index (χ1n) is 5.17. The normalized spacial score (nSPS) is 19.6. The Balaban J connectivity index is 1.85. The summed E-state index contributed by atoms with van der Waals surface area (Å²) < 4.78 is 0. The Morgan fingerprint density at radius 3 is 3.00 bits per heavy atom. The Labute approximate surface area is 93.7 Å². The molecular weight excluding hydrogens is 208 g/mol. The fraction of sp³-hybridized carbons (Fsp3) is 0.545. The zero-order valence-corrected chi connectivity index (χ0v) is 9.64. The van der Waals surface area contributed by atoms with Gasteiger partial charge in [0, 0.05) is 11.4 Å². The second-order valence-corrected chi connectivity index (χ2v) is 5.50. The van der Waals surface area contributed by atoms with Gasteiger partial charge in [-0.05, 0) is 29.7 Å². The molecule has 1 aliphatic rings. The quantitative estimate of drug-likeness (QED) is 0.817. The number of amides is 1. The van der Waals surface area contributed by atoms with Crippen molar-refractivity contribution in [2.75, 3.05) is 6.54 Å². The molecule has 1 aliphatic carbocycles. The van der Waals surface area contributed by atoms with Crippen LogP contribution in [0.5, 0.6) is 0 Å². The zero-order valence-electron chi connectivity index (χ0n) is 8.82. The number of carbonyl (C=O) groups excluding carboxylic acids is 1. The Morgan fingerprint density at radius 1 is 1.73 bits per heavy atom. The van der Waals surface area contributed by atoms with Crippen molar-refractivity contribution in [3.63, 3.8) is 0 Å². The third-order valence-corrected chi connectivity index (χ3v) is 3.88. The van der Waals surface area contributed by atoms with Crippen LogP contribution in [-0.2, 0) is 4.79 Å². The lowest BCUT2D eigenvalue weighted by atomic mass is 10.1. The van der Waals surface area contributed by atoms with Crippen LogP contribution in [0.15, 0.2) is 17.5 Å². The van der Waals surface area contributed by atoms with E-state index >= 15 is 0 Å². The lowest BCUT2D eigenvalue weighted by molar-refractivity contribution is -0.122. The second kappa shape index (κ2) is 3.94. The van der Waals surface area contributed by atoms with Gasteiger partial charge < -0.3 is 11.1 Å². The minimum atomic E-state index is -0.507. The summed E-state index contributed by atoms with van der Waals surface area (Å²) in [6.07, 6.45) is 2.42. The number of nitrogens with two attached hydrogens (primary N) is 1. The van der Waals surface area contributed by atoms with E-state index in [0.717, 1.165) is 11.4 Å². The molecule has 82 valence electrons. The van der Waals surface area contributed by atoms with Crippen LogP contribution in [0.1, 0.15) is 30.7 Å². The highest BCUT2D eigenvalue weighted by atomic mass is 32.1. The number of nitrogens with one attached hydrogen (secondary N) is 1. The van der Waals surface area contributed by atoms with Crippen molar-refractivity contribution in [2.45, 2.75) is 25.8 Å². The van der Waals surface area contributed by atoms with Crippen LogP contribution < -0.4 is 11.1 Å². The van der Waals surface area contributed by atoms with Gasteiger partial charge in [-0.2, -0.15) is 0 Å². The van der Waals surface area contributed by atoms with Crippen molar-refractivity contribution in [1.82, 2.24) is 5.32 Å². The Bertz CT molecular complexity index is 343. The molecule has 1 aromatic rings. The van der Waals surface area contributed by atoms with Gasteiger partial charge in [0.05, 0.1) is 0 Å². The van der Waals surface area contributed by atoms with Gasteiger partial charge in [0.25, 0.3) is 0 Å². The van der Waals surface area contributed by atoms with Gasteiger partial charge >= 0.3 is 0 Å². The molecule has 3 N–H and O–H groups in total. The van der Waals surface area contributed by atoms with Gasteiger partial charge in [0.1, 0.15) is 6.04 Å². The lowest BCUT2D eigenvalue weighted by Crippen LogP contribution is -2.36. The second-order valence-electron chi connectivity index (χ2n) is 4.52. The molecule has 1 saturated carbocycles. The van der Waals surface area contributed by atoms with E-state index in [1.165, 1.54) is 24.2 Å². The number of hydrogen-bond donors (Lipinski definition) is 2. The highest BCUT2D eigenvalue weighted by Gasteiger charge is 2.37. The molecule has 0 radical (unpaired) electrons. The van der Waals surface area contributed by atoms with E-state index in [4.69, 9.17) is 5.73 Å². The Kier molecular flexibility index (Phi) is 2.80. The average molecular weight is 224 g/mol. The Morgan fingerprint density at radius 2 is 2.47 bits per heavy atom. The average Bonchev–Trinajstić information content (AvgIpc) is 2.77. The number of rotatable bonds is 4. The summed E-state index contributed by atoms with van der Waals surface area (Å²) in [7, 11) is 0. The third-order valence-electron chi connectivity index (χ3n) is 2.93. The Hall–Kier alpha value is -0.870. The van der Waals surface area contributed by atoms with Crippen LogP contribution in [0.2, 0.25) is 0 Å². The molecule has 1 amide bonds. The molecule has 1 fully saturated rings. The maximum Gasteiger partial charge on any atom is 0.242 e. The van der Waals surface area contributed by atoms with E-state index in [1.807, 2.05) is 17.5 Å². The van der Waals surface area contributed by atoms with Gasteiger partial charge in [-0.1, -0.05) is 13.0 Å². The highest BCUT2D eigenvalue weighted by molar-refractivity contribution is 7.10. The smallest absolute Gasteiger partial charge is 0.242 e. The first-order valence-corrected chi connectivity index (χ1v) is 6.05. The molecule has 0 bridgehead atoms. The summed E-state index contributed by atoms with van der Waals surface area (Å²) in [6, 6.07) is 3.30. The number of thiophene rings is 1. The topological polar surface area (TPSA) is 55.1 Å². The minimum Gasteiger partial charge on any atom is -0.354 e. The molecule has 1 unspecified atom stereocenters. The van der Waals surface area contributed by atoms with Crippen molar-refractivity contribution in [1.29, 1.82) is 0 Å². The van der Waals surface area contributed by atoms with Crippen LogP contribution in [0.25, 0.3) is 0 Å². The monoisotopic (exact) mass is 224 g/mol. The van der Waals surface area contributed by atoms with Crippen molar-refractivity contribution in [2.24, 2.45) is 11.1 Å². The van der Waals surface area contributed by atoms with Crippen LogP contribution >= 0.6 is 11.3 Å². The van der Waals surface area contributed by atoms with Crippen molar-refractivity contribution >= 4 is 17.2 Å². The molecule has 1 atom stereocenters. The largest absolute Gasteiger partial charge is 0.354 e. The molecule has 0 aromatic carbocycles. The van der Waals surface area contributed by atoms with Gasteiger partial charge in [-0.25, -0.2) is 0 Å². The molecule has 4 heteroatoms. The SMILES string of the molecule is CC1(CNC(=O)C(N)c2cccs2)CC1. The highest BCUT2D eigenvalue weighted by Crippen LogP contribution is 2.44. The molecular formula is C11H16N2OS. The van der Waals surface area contributed by atoms with E-state index in [-0.39, 0.29) is 5.91 Å². The van der Waals surface area contributed by atoms with Crippen LogP contribution in [0.3, 0.4) is 0 Å². The molecule has 1 heterocycles. The maximum absolute atomic E-state index is 11.7. The van der Waals surface area contributed by atoms with Crippen molar-refractivity contribution in [3.8, 4) is 0 Å². The minimum absolute atomic E-state index is 0.0643. The molecule has 1 aromatic heterocycles. The third kappa shape index (κ3) is 2.58. The summed E-state index contributed by atoms with van der Waals surface area (Å²) in [5.41, 5.74) is 6.17. The molecule has 3 nitrogen and oxygen atoms in total.